The molecular formula is C34H45N7O8. The first-order valence-electron chi connectivity index (χ1n) is 17.0. The van der Waals surface area contributed by atoms with Crippen molar-refractivity contribution in [3.63, 3.8) is 0 Å². The number of carbonyl (C=O) groups is 2. The monoisotopic (exact) mass is 679 g/mol. The second kappa shape index (κ2) is 13.3. The third-order valence-corrected chi connectivity index (χ3v) is 10.4. The van der Waals surface area contributed by atoms with Gasteiger partial charge in [0.25, 0.3) is 0 Å². The van der Waals surface area contributed by atoms with Gasteiger partial charge in [0.1, 0.15) is 47.5 Å². The Morgan fingerprint density at radius 1 is 1.27 bits per heavy atom. The highest BCUT2D eigenvalue weighted by atomic mass is 16.6. The summed E-state index contributed by atoms with van der Waals surface area (Å²) in [5.41, 5.74) is 7.16. The summed E-state index contributed by atoms with van der Waals surface area (Å²) < 4.78 is 26.0. The minimum absolute atomic E-state index is 0.0510. The third kappa shape index (κ3) is 5.82. The van der Waals surface area contributed by atoms with Gasteiger partial charge in [-0.15, -0.1) is 0 Å². The van der Waals surface area contributed by atoms with Crippen LogP contribution in [0, 0.1) is 5.92 Å². The summed E-state index contributed by atoms with van der Waals surface area (Å²) in [6.07, 6.45) is 10.9. The van der Waals surface area contributed by atoms with Gasteiger partial charge in [-0.1, -0.05) is 25.3 Å². The molecule has 0 radical (unpaired) electrons. The number of aromatic nitrogens is 2. The second-order valence-electron chi connectivity index (χ2n) is 13.3. The smallest absolute Gasteiger partial charge is 0.374 e. The minimum Gasteiger partial charge on any atom is -0.496 e. The lowest BCUT2D eigenvalue weighted by Gasteiger charge is -2.39. The van der Waals surface area contributed by atoms with Crippen molar-refractivity contribution in [1.29, 1.82) is 0 Å². The van der Waals surface area contributed by atoms with Gasteiger partial charge in [-0.3, -0.25) is 21.2 Å². The van der Waals surface area contributed by atoms with Gasteiger partial charge in [-0.25, -0.2) is 9.78 Å². The lowest BCUT2D eigenvalue weighted by atomic mass is 9.74. The molecule has 15 nitrogen and oxygen atoms in total. The normalized spacial score (nSPS) is 26.9. The standard InChI is InChI=1S/C34H45N7O8/c1-4-47-31(44)22-14-18(10-12-40-13-11-36-33(40)41-17-37-25-29(41)38-32(35)39-30(25)43)24-27(46-3)20-15-23(34(2,45)19-8-6-5-7-9-19)49-26(20)21(16-42)28(24)48-22/h10-11,13-14,19,23,25,29,32,37-38,42,45H,4-9,12,15-17,35H2,1-3H3,(H,39,43). The van der Waals surface area contributed by atoms with E-state index >= 15 is 0 Å². The quantitative estimate of drug-likeness (QED) is 0.206. The number of rotatable bonds is 9. The van der Waals surface area contributed by atoms with Crippen LogP contribution in [0.5, 0.6) is 17.2 Å². The number of benzene rings is 1. The maximum Gasteiger partial charge on any atom is 0.374 e. The summed E-state index contributed by atoms with van der Waals surface area (Å²) in [5, 5.41) is 31.7. The molecule has 5 unspecified atom stereocenters. The number of nitrogens with one attached hydrogen (secondary N) is 3. The molecule has 49 heavy (non-hydrogen) atoms. The number of hydrogen-bond donors (Lipinski definition) is 6. The lowest BCUT2D eigenvalue weighted by Crippen LogP contribution is -2.70. The molecule has 0 spiro atoms. The van der Waals surface area contributed by atoms with Gasteiger partial charge >= 0.3 is 5.97 Å². The van der Waals surface area contributed by atoms with E-state index in [9.17, 15) is 19.8 Å². The van der Waals surface area contributed by atoms with Crippen LogP contribution >= 0.6 is 0 Å². The van der Waals surface area contributed by atoms with Gasteiger partial charge < -0.3 is 43.9 Å². The van der Waals surface area contributed by atoms with E-state index in [4.69, 9.17) is 24.7 Å². The molecule has 1 saturated carbocycles. The zero-order valence-electron chi connectivity index (χ0n) is 28.0. The van der Waals surface area contributed by atoms with Crippen LogP contribution in [-0.4, -0.2) is 82.2 Å². The number of ether oxygens (including phenoxy) is 4. The molecule has 1 aromatic heterocycles. The molecular weight excluding hydrogens is 634 g/mol. The predicted molar refractivity (Wildman–Crippen MR) is 177 cm³/mol. The number of amides is 1. The highest BCUT2D eigenvalue weighted by Crippen LogP contribution is 2.54. The Morgan fingerprint density at radius 2 is 2.06 bits per heavy atom. The average Bonchev–Trinajstić information content (AvgIpc) is 3.85. The van der Waals surface area contributed by atoms with E-state index in [0.29, 0.717) is 53.8 Å². The number of carbonyl (C=O) groups excluding carboxylic acids is 2. The van der Waals surface area contributed by atoms with Gasteiger partial charge in [-0.2, -0.15) is 0 Å². The highest BCUT2D eigenvalue weighted by molar-refractivity contribution is 5.96. The molecule has 264 valence electrons. The molecule has 1 aliphatic carbocycles. The third-order valence-electron chi connectivity index (χ3n) is 10.4. The van der Waals surface area contributed by atoms with Gasteiger partial charge in [0, 0.05) is 30.9 Å². The fourth-order valence-electron chi connectivity index (χ4n) is 7.90. The van der Waals surface area contributed by atoms with Crippen molar-refractivity contribution in [2.45, 2.75) is 95.7 Å². The topological polar surface area (TPSA) is 195 Å². The summed E-state index contributed by atoms with van der Waals surface area (Å²) in [4.78, 5) is 32.1. The van der Waals surface area contributed by atoms with Crippen molar-refractivity contribution in [3.05, 3.63) is 47.0 Å². The Hall–Kier alpha value is -4.15. The number of nitrogens with zero attached hydrogens (tertiary/aromatic N) is 3. The Morgan fingerprint density at radius 3 is 2.80 bits per heavy atom. The Bertz CT molecular complexity index is 1680. The molecule has 2 aromatic rings. The maximum atomic E-state index is 13.1. The summed E-state index contributed by atoms with van der Waals surface area (Å²) in [6.45, 7) is 3.94. The van der Waals surface area contributed by atoms with Gasteiger partial charge in [0.15, 0.2) is 0 Å². The van der Waals surface area contributed by atoms with Gasteiger partial charge in [0.05, 0.1) is 38.1 Å². The SMILES string of the molecule is CCOC(=O)C1=CC(=CCn2ccnc2N2CNC3C(=O)NC(N)NC32)c2c(OC)c3c(c(CO)c2O1)OC(C(C)(O)C1CCCCC1)C3. The van der Waals surface area contributed by atoms with Crippen LogP contribution in [0.3, 0.4) is 0 Å². The first-order valence-corrected chi connectivity index (χ1v) is 17.0. The molecule has 3 fully saturated rings. The molecule has 4 aliphatic heterocycles. The van der Waals surface area contributed by atoms with Crippen LogP contribution in [0.15, 0.2) is 30.3 Å². The number of anilines is 1. The number of fused-ring (bicyclic) bond motifs is 3. The molecule has 2 saturated heterocycles. The van der Waals surface area contributed by atoms with E-state index in [1.807, 2.05) is 28.7 Å². The number of aliphatic hydroxyl groups excluding tert-OH is 1. The van der Waals surface area contributed by atoms with Crippen molar-refractivity contribution in [2.24, 2.45) is 11.7 Å². The van der Waals surface area contributed by atoms with E-state index in [1.165, 1.54) is 0 Å². The molecule has 0 bridgehead atoms. The van der Waals surface area contributed by atoms with Crippen molar-refractivity contribution in [1.82, 2.24) is 25.5 Å². The maximum absolute atomic E-state index is 13.1. The van der Waals surface area contributed by atoms with Crippen LogP contribution in [0.4, 0.5) is 5.95 Å². The van der Waals surface area contributed by atoms with Gasteiger partial charge in [0.2, 0.25) is 17.6 Å². The molecule has 15 heteroatoms. The average molecular weight is 680 g/mol. The van der Waals surface area contributed by atoms with Crippen LogP contribution in [0.1, 0.15) is 62.6 Å². The second-order valence-corrected chi connectivity index (χ2v) is 13.3. The minimum atomic E-state index is -1.11. The summed E-state index contributed by atoms with van der Waals surface area (Å²) >= 11 is 0. The fourth-order valence-corrected chi connectivity index (χ4v) is 7.90. The van der Waals surface area contributed by atoms with E-state index < -0.39 is 42.8 Å². The first kappa shape index (κ1) is 33.4. The molecule has 5 atom stereocenters. The van der Waals surface area contributed by atoms with Crippen LogP contribution in [0.2, 0.25) is 0 Å². The molecule has 5 heterocycles. The van der Waals surface area contributed by atoms with Crippen molar-refractivity contribution in [2.75, 3.05) is 25.3 Å². The molecule has 7 rings (SSSR count). The van der Waals surface area contributed by atoms with Crippen LogP contribution in [0.25, 0.3) is 5.57 Å². The number of aliphatic hydroxyl groups is 2. The highest BCUT2D eigenvalue weighted by Gasteiger charge is 2.48. The molecule has 1 aromatic carbocycles. The zero-order chi connectivity index (χ0) is 34.4. The lowest BCUT2D eigenvalue weighted by molar-refractivity contribution is -0.141. The number of methoxy groups -OCH3 is 1. The number of hydrogen-bond acceptors (Lipinski definition) is 13. The van der Waals surface area contributed by atoms with Gasteiger partial charge in [-0.05, 0) is 44.3 Å². The predicted octanol–water partition coefficient (Wildman–Crippen LogP) is 0.965. The Kier molecular flexibility index (Phi) is 9.04. The Labute approximate surface area is 284 Å². The molecule has 7 N–H and O–H groups in total. The van der Waals surface area contributed by atoms with E-state index in [0.717, 1.165) is 37.7 Å². The number of allylic oxidation sites excluding steroid dienone is 3. The van der Waals surface area contributed by atoms with E-state index in [1.54, 1.807) is 26.3 Å². The largest absolute Gasteiger partial charge is 0.496 e. The first-order chi connectivity index (χ1) is 23.7. The van der Waals surface area contributed by atoms with E-state index in [-0.39, 0.29) is 29.9 Å². The molecule has 5 aliphatic rings. The summed E-state index contributed by atoms with van der Waals surface area (Å²) in [5.74, 6) is 0.907. The van der Waals surface area contributed by atoms with Crippen molar-refractivity contribution < 1.29 is 38.7 Å². The number of imidazole rings is 1. The number of nitrogens with two attached hydrogens (primary N) is 1. The Balaban J connectivity index is 1.27. The van der Waals surface area contributed by atoms with Crippen molar-refractivity contribution >= 4 is 23.4 Å². The fraction of sp³-hybridized carbons (Fsp3) is 0.559. The summed E-state index contributed by atoms with van der Waals surface area (Å²) in [6, 6.07) is -0.506. The summed E-state index contributed by atoms with van der Waals surface area (Å²) in [7, 11) is 1.56. The number of esters is 1. The zero-order valence-corrected chi connectivity index (χ0v) is 28.0. The molecule has 1 amide bonds. The van der Waals surface area contributed by atoms with E-state index in [2.05, 4.69) is 20.9 Å². The van der Waals surface area contributed by atoms with Crippen LogP contribution in [-0.2, 0) is 33.9 Å². The van der Waals surface area contributed by atoms with Crippen LogP contribution < -0.4 is 40.8 Å². The van der Waals surface area contributed by atoms with Crippen molar-refractivity contribution in [3.8, 4) is 17.2 Å².